The fraction of sp³-hybridized carbons (Fsp3) is 0.870. The average Bonchev–Trinajstić information content (AvgIpc) is 3.12. The lowest BCUT2D eigenvalue weighted by Gasteiger charge is -2.57. The fourth-order valence-corrected chi connectivity index (χ4v) is 9.27. The summed E-state index contributed by atoms with van der Waals surface area (Å²) in [6.07, 6.45) is 10.9. The summed E-state index contributed by atoms with van der Waals surface area (Å²) in [5, 5.41) is 10.1. The molecule has 0 aromatic rings. The molecule has 5 aliphatic rings. The van der Waals surface area contributed by atoms with Gasteiger partial charge < -0.3 is 5.11 Å². The molecule has 1 N–H and O–H groups in total. The summed E-state index contributed by atoms with van der Waals surface area (Å²) in [6.45, 7) is 0. The number of carboxylic acids is 1. The molecule has 0 spiro atoms. The van der Waals surface area contributed by atoms with Crippen LogP contribution in [0.4, 0.5) is 13.2 Å². The van der Waals surface area contributed by atoms with Crippen molar-refractivity contribution >= 4 is 16.1 Å². The number of rotatable bonds is 3. The summed E-state index contributed by atoms with van der Waals surface area (Å²) in [5.41, 5.74) is -6.68. The van der Waals surface area contributed by atoms with Gasteiger partial charge in [-0.05, 0) is 99.7 Å². The molecule has 0 amide bonds. The Bertz CT molecular complexity index is 900. The zero-order valence-corrected chi connectivity index (χ0v) is 18.8. The van der Waals surface area contributed by atoms with Crippen molar-refractivity contribution in [2.24, 2.45) is 46.8 Å². The molecule has 0 bridgehead atoms. The molecular formula is C23H31F3O5S. The van der Waals surface area contributed by atoms with Gasteiger partial charge in [0.2, 0.25) is 0 Å². The van der Waals surface area contributed by atoms with Crippen LogP contribution in [0.3, 0.4) is 0 Å². The van der Waals surface area contributed by atoms with Gasteiger partial charge in [0.25, 0.3) is 0 Å². The van der Waals surface area contributed by atoms with Crippen LogP contribution in [0, 0.1) is 46.8 Å². The van der Waals surface area contributed by atoms with Crippen LogP contribution in [-0.4, -0.2) is 31.1 Å². The molecule has 180 valence electrons. The Balaban J connectivity index is 1.44. The number of carbonyl (C=O) groups is 1. The SMILES string of the molecule is O=C(O)C12CCC(OS(=O)(=O)C(F)(F)F)C1C1CCC3C4CC=CCC4CCC3C1CC2. The van der Waals surface area contributed by atoms with E-state index in [1.165, 1.54) is 0 Å². The van der Waals surface area contributed by atoms with Gasteiger partial charge in [-0.1, -0.05) is 12.2 Å². The Morgan fingerprint density at radius 3 is 2.19 bits per heavy atom. The van der Waals surface area contributed by atoms with Crippen LogP contribution < -0.4 is 0 Å². The summed E-state index contributed by atoms with van der Waals surface area (Å²) in [5.74, 6) is 0.848. The monoisotopic (exact) mass is 476 g/mol. The Labute approximate surface area is 186 Å². The zero-order valence-electron chi connectivity index (χ0n) is 18.0. The number of hydrogen-bond donors (Lipinski definition) is 1. The molecule has 4 fully saturated rings. The van der Waals surface area contributed by atoms with Crippen LogP contribution in [-0.2, 0) is 19.1 Å². The summed E-state index contributed by atoms with van der Waals surface area (Å²) in [4.78, 5) is 12.4. The van der Waals surface area contributed by atoms with Gasteiger partial charge in [0.1, 0.15) is 0 Å². The molecule has 0 radical (unpaired) electrons. The van der Waals surface area contributed by atoms with Crippen molar-refractivity contribution in [3.63, 3.8) is 0 Å². The van der Waals surface area contributed by atoms with Crippen LogP contribution in [0.25, 0.3) is 0 Å². The van der Waals surface area contributed by atoms with E-state index >= 15 is 0 Å². The highest BCUT2D eigenvalue weighted by Gasteiger charge is 2.64. The normalized spacial score (nSPS) is 46.0. The smallest absolute Gasteiger partial charge is 0.481 e. The number of aliphatic carboxylic acids is 1. The number of allylic oxidation sites excluding steroid dienone is 2. The van der Waals surface area contributed by atoms with Gasteiger partial charge in [-0.15, -0.1) is 0 Å². The molecule has 5 rings (SSSR count). The molecule has 32 heavy (non-hydrogen) atoms. The van der Waals surface area contributed by atoms with E-state index in [0.29, 0.717) is 30.1 Å². The summed E-state index contributed by atoms with van der Waals surface area (Å²) in [6, 6.07) is 0. The second-order valence-corrected chi connectivity index (χ2v) is 12.3. The van der Waals surface area contributed by atoms with Gasteiger partial charge in [0, 0.05) is 5.92 Å². The average molecular weight is 477 g/mol. The number of carboxylic acid groups (broad SMARTS) is 1. The maximum atomic E-state index is 13.0. The van der Waals surface area contributed by atoms with Crippen molar-refractivity contribution < 1.29 is 35.7 Å². The van der Waals surface area contributed by atoms with Crippen LogP contribution in [0.5, 0.6) is 0 Å². The zero-order chi connectivity index (χ0) is 22.9. The molecular weight excluding hydrogens is 445 g/mol. The summed E-state index contributed by atoms with van der Waals surface area (Å²) >= 11 is 0. The van der Waals surface area contributed by atoms with Gasteiger partial charge in [-0.25, -0.2) is 0 Å². The number of fused-ring (bicyclic) bond motifs is 7. The number of alkyl halides is 3. The van der Waals surface area contributed by atoms with E-state index in [4.69, 9.17) is 4.18 Å². The van der Waals surface area contributed by atoms with Crippen molar-refractivity contribution in [3.05, 3.63) is 12.2 Å². The first-order valence-corrected chi connectivity index (χ1v) is 13.3. The molecule has 9 unspecified atom stereocenters. The lowest BCUT2D eigenvalue weighted by Crippen LogP contribution is -2.54. The topological polar surface area (TPSA) is 80.7 Å². The molecule has 9 atom stereocenters. The van der Waals surface area contributed by atoms with Crippen LogP contribution in [0.1, 0.15) is 64.2 Å². The third-order valence-corrected chi connectivity index (χ3v) is 10.8. The predicted octanol–water partition coefficient (Wildman–Crippen LogP) is 5.13. The lowest BCUT2D eigenvalue weighted by atomic mass is 9.47. The molecule has 0 heterocycles. The second-order valence-electron chi connectivity index (χ2n) is 10.8. The summed E-state index contributed by atoms with van der Waals surface area (Å²) in [7, 11) is -5.76. The second kappa shape index (κ2) is 7.72. The Morgan fingerprint density at radius 2 is 1.47 bits per heavy atom. The highest BCUT2D eigenvalue weighted by molar-refractivity contribution is 7.87. The Morgan fingerprint density at radius 1 is 0.875 bits per heavy atom. The van der Waals surface area contributed by atoms with Crippen LogP contribution in [0.2, 0.25) is 0 Å². The summed E-state index contributed by atoms with van der Waals surface area (Å²) < 4.78 is 67.5. The molecule has 9 heteroatoms. The minimum absolute atomic E-state index is 0.0408. The van der Waals surface area contributed by atoms with E-state index < -0.39 is 39.0 Å². The first-order chi connectivity index (χ1) is 15.1. The third-order valence-electron chi connectivity index (χ3n) is 9.78. The molecule has 0 saturated heterocycles. The van der Waals surface area contributed by atoms with Gasteiger partial charge in [0.15, 0.2) is 0 Å². The minimum atomic E-state index is -5.76. The molecule has 0 aromatic heterocycles. The Hall–Kier alpha value is -1.09. The van der Waals surface area contributed by atoms with Gasteiger partial charge >= 0.3 is 21.6 Å². The highest BCUT2D eigenvalue weighted by atomic mass is 32.2. The van der Waals surface area contributed by atoms with E-state index in [2.05, 4.69) is 12.2 Å². The third kappa shape index (κ3) is 3.36. The van der Waals surface area contributed by atoms with Gasteiger partial charge in [-0.3, -0.25) is 8.98 Å². The van der Waals surface area contributed by atoms with Crippen LogP contribution >= 0.6 is 0 Å². The number of hydrogen-bond acceptors (Lipinski definition) is 4. The first kappa shape index (κ1) is 22.7. The quantitative estimate of drug-likeness (QED) is 0.347. The highest BCUT2D eigenvalue weighted by Crippen LogP contribution is 2.65. The fourth-order valence-electron chi connectivity index (χ4n) is 8.62. The first-order valence-electron chi connectivity index (χ1n) is 11.9. The van der Waals surface area contributed by atoms with E-state index in [-0.39, 0.29) is 24.7 Å². The van der Waals surface area contributed by atoms with Crippen molar-refractivity contribution in [2.45, 2.75) is 75.8 Å². The van der Waals surface area contributed by atoms with Crippen molar-refractivity contribution in [2.75, 3.05) is 0 Å². The van der Waals surface area contributed by atoms with Gasteiger partial charge in [-0.2, -0.15) is 21.6 Å². The number of halogens is 3. The molecule has 5 aliphatic carbocycles. The van der Waals surface area contributed by atoms with Crippen molar-refractivity contribution in [1.82, 2.24) is 0 Å². The molecule has 0 aliphatic heterocycles. The largest absolute Gasteiger partial charge is 0.523 e. The van der Waals surface area contributed by atoms with E-state index in [1.807, 2.05) is 0 Å². The maximum Gasteiger partial charge on any atom is 0.523 e. The van der Waals surface area contributed by atoms with E-state index in [9.17, 15) is 31.5 Å². The van der Waals surface area contributed by atoms with Crippen molar-refractivity contribution in [3.8, 4) is 0 Å². The van der Waals surface area contributed by atoms with E-state index in [0.717, 1.165) is 44.9 Å². The van der Waals surface area contributed by atoms with Crippen molar-refractivity contribution in [1.29, 1.82) is 0 Å². The molecule has 5 nitrogen and oxygen atoms in total. The molecule has 4 saturated carbocycles. The van der Waals surface area contributed by atoms with Gasteiger partial charge in [0.05, 0.1) is 11.5 Å². The minimum Gasteiger partial charge on any atom is -0.481 e. The standard InChI is InChI=1S/C23H31F3O5S/c24-23(25,26)32(29,30)31-19-10-12-22(21(27)28)11-9-17-16-6-5-13-3-1-2-4-14(13)15(16)7-8-18(17)20(19)22/h1-2,13-20H,3-12H2,(H,27,28). The maximum absolute atomic E-state index is 13.0. The Kier molecular flexibility index (Phi) is 5.47. The lowest BCUT2D eigenvalue weighted by molar-refractivity contribution is -0.166. The molecule has 0 aromatic carbocycles. The predicted molar refractivity (Wildman–Crippen MR) is 110 cm³/mol. The van der Waals surface area contributed by atoms with E-state index in [1.54, 1.807) is 0 Å². The van der Waals surface area contributed by atoms with Crippen LogP contribution in [0.15, 0.2) is 12.2 Å².